The summed E-state index contributed by atoms with van der Waals surface area (Å²) in [6, 6.07) is 0. The highest BCUT2D eigenvalue weighted by Crippen LogP contribution is 2.68. The normalized spacial score (nSPS) is 43.3. The zero-order valence-electron chi connectivity index (χ0n) is 24.7. The Labute approximate surface area is 236 Å². The fraction of sp³-hybridized carbons (Fsp3) is 0.750. The van der Waals surface area contributed by atoms with Gasteiger partial charge in [-0.15, -0.1) is 0 Å². The monoisotopic (exact) mass is 556 g/mol. The molecule has 0 unspecified atom stereocenters. The van der Waals surface area contributed by atoms with Gasteiger partial charge < -0.3 is 19.3 Å². The van der Waals surface area contributed by atoms with Gasteiger partial charge in [0.05, 0.1) is 11.0 Å². The molecule has 0 aromatic heterocycles. The molecule has 8 heteroatoms. The van der Waals surface area contributed by atoms with Crippen molar-refractivity contribution in [2.45, 2.75) is 104 Å². The highest BCUT2D eigenvalue weighted by Gasteiger charge is 2.70. The molecule has 3 fully saturated rings. The molecule has 3 saturated carbocycles. The lowest BCUT2D eigenvalue weighted by atomic mass is 9.42. The standard InChI is InChI=1S/C32H44O8/c1-17-14-26(40-29(36)22(17)16-38-19(3)33)18(2)23-9-10-24-21-15-28(39-20(4)34)32(37)12-7-8-27(35)31(32,6)25(21)11-13-30(23,24)5/h7-8,18,21,23-26,28,37H,9-16H2,1-6H3/t18-,21-,23+,24-,25-,26+,28+,30+,31-,32-/m0/s1. The highest BCUT2D eigenvalue weighted by atomic mass is 16.6. The number of allylic oxidation sites excluding steroid dienone is 1. The predicted molar refractivity (Wildman–Crippen MR) is 146 cm³/mol. The summed E-state index contributed by atoms with van der Waals surface area (Å²) in [5.74, 6) is -0.426. The molecule has 5 rings (SSSR count). The van der Waals surface area contributed by atoms with Gasteiger partial charge in [-0.25, -0.2) is 4.79 Å². The lowest BCUT2D eigenvalue weighted by Gasteiger charge is -2.63. The molecule has 0 spiro atoms. The lowest BCUT2D eigenvalue weighted by molar-refractivity contribution is -0.240. The molecule has 1 heterocycles. The van der Waals surface area contributed by atoms with Crippen molar-refractivity contribution in [2.75, 3.05) is 6.61 Å². The van der Waals surface area contributed by atoms with Crippen LogP contribution in [0.3, 0.4) is 0 Å². The molecule has 4 aliphatic carbocycles. The predicted octanol–water partition coefficient (Wildman–Crippen LogP) is 4.48. The van der Waals surface area contributed by atoms with Gasteiger partial charge >= 0.3 is 17.9 Å². The molecule has 0 amide bonds. The maximum Gasteiger partial charge on any atom is 0.337 e. The van der Waals surface area contributed by atoms with Crippen molar-refractivity contribution in [3.05, 3.63) is 23.3 Å². The Morgan fingerprint density at radius 2 is 1.85 bits per heavy atom. The van der Waals surface area contributed by atoms with Crippen LogP contribution in [0.5, 0.6) is 0 Å². The van der Waals surface area contributed by atoms with Crippen molar-refractivity contribution >= 4 is 23.7 Å². The molecular weight excluding hydrogens is 512 g/mol. The summed E-state index contributed by atoms with van der Waals surface area (Å²) in [6.45, 7) is 11.0. The molecule has 0 aromatic rings. The summed E-state index contributed by atoms with van der Waals surface area (Å²) in [5.41, 5.74) is -1.10. The van der Waals surface area contributed by atoms with Crippen LogP contribution >= 0.6 is 0 Å². The fourth-order valence-corrected chi connectivity index (χ4v) is 9.70. The van der Waals surface area contributed by atoms with E-state index in [2.05, 4.69) is 13.8 Å². The smallest absolute Gasteiger partial charge is 0.337 e. The van der Waals surface area contributed by atoms with Crippen molar-refractivity contribution in [2.24, 2.45) is 40.4 Å². The summed E-state index contributed by atoms with van der Waals surface area (Å²) in [5, 5.41) is 12.0. The summed E-state index contributed by atoms with van der Waals surface area (Å²) < 4.78 is 16.8. The maximum absolute atomic E-state index is 13.5. The molecule has 0 saturated heterocycles. The number of hydrogen-bond acceptors (Lipinski definition) is 8. The molecule has 1 N–H and O–H groups in total. The number of cyclic esters (lactones) is 1. The Bertz CT molecular complexity index is 1170. The fourth-order valence-electron chi connectivity index (χ4n) is 9.70. The second-order valence-electron chi connectivity index (χ2n) is 13.6. The van der Waals surface area contributed by atoms with Crippen molar-refractivity contribution in [1.82, 2.24) is 0 Å². The van der Waals surface area contributed by atoms with Crippen LogP contribution in [-0.2, 0) is 33.4 Å². The number of carbonyl (C=O) groups excluding carboxylic acids is 4. The number of carbonyl (C=O) groups is 4. The average molecular weight is 557 g/mol. The van der Waals surface area contributed by atoms with E-state index in [0.717, 1.165) is 31.3 Å². The molecule has 5 aliphatic rings. The molecule has 8 nitrogen and oxygen atoms in total. The molecule has 0 bridgehead atoms. The minimum Gasteiger partial charge on any atom is -0.461 e. The second kappa shape index (κ2) is 10.1. The van der Waals surface area contributed by atoms with Crippen molar-refractivity contribution in [1.29, 1.82) is 0 Å². The van der Waals surface area contributed by atoms with E-state index in [9.17, 15) is 24.3 Å². The van der Waals surface area contributed by atoms with E-state index in [0.29, 0.717) is 36.7 Å². The summed E-state index contributed by atoms with van der Waals surface area (Å²) in [7, 11) is 0. The van der Waals surface area contributed by atoms with Gasteiger partial charge in [-0.3, -0.25) is 14.4 Å². The molecule has 40 heavy (non-hydrogen) atoms. The van der Waals surface area contributed by atoms with Crippen LogP contribution in [0.25, 0.3) is 0 Å². The first-order chi connectivity index (χ1) is 18.7. The molecule has 0 aromatic carbocycles. The highest BCUT2D eigenvalue weighted by molar-refractivity contribution is 5.97. The van der Waals surface area contributed by atoms with E-state index in [4.69, 9.17) is 14.2 Å². The number of rotatable bonds is 5. The first kappa shape index (κ1) is 29.0. The lowest BCUT2D eigenvalue weighted by Crippen LogP contribution is -2.70. The zero-order chi connectivity index (χ0) is 29.2. The summed E-state index contributed by atoms with van der Waals surface area (Å²) in [4.78, 5) is 49.8. The Morgan fingerprint density at radius 3 is 2.50 bits per heavy atom. The van der Waals surface area contributed by atoms with E-state index < -0.39 is 35.0 Å². The zero-order valence-corrected chi connectivity index (χ0v) is 24.7. The van der Waals surface area contributed by atoms with E-state index in [-0.39, 0.29) is 41.7 Å². The third-order valence-corrected chi connectivity index (χ3v) is 11.9. The van der Waals surface area contributed by atoms with Crippen LogP contribution in [0.15, 0.2) is 23.3 Å². The van der Waals surface area contributed by atoms with Crippen molar-refractivity contribution < 1.29 is 38.5 Å². The van der Waals surface area contributed by atoms with Gasteiger partial charge in [0, 0.05) is 20.3 Å². The summed E-state index contributed by atoms with van der Waals surface area (Å²) >= 11 is 0. The van der Waals surface area contributed by atoms with Gasteiger partial charge in [0.1, 0.15) is 24.4 Å². The number of fused-ring (bicyclic) bond motifs is 5. The minimum absolute atomic E-state index is 0.00964. The van der Waals surface area contributed by atoms with Crippen LogP contribution < -0.4 is 0 Å². The van der Waals surface area contributed by atoms with Crippen molar-refractivity contribution in [3.8, 4) is 0 Å². The van der Waals surface area contributed by atoms with Gasteiger partial charge in [-0.1, -0.05) is 25.5 Å². The molecule has 220 valence electrons. The van der Waals surface area contributed by atoms with E-state index in [1.165, 1.54) is 13.8 Å². The average Bonchev–Trinajstić information content (AvgIpc) is 3.22. The number of esters is 3. The third-order valence-electron chi connectivity index (χ3n) is 11.9. The maximum atomic E-state index is 13.5. The number of ketones is 1. The number of ether oxygens (including phenoxy) is 3. The Balaban J connectivity index is 1.40. The SMILES string of the molecule is CC(=O)OCC1=C(C)C[C@H]([C@@H](C)[C@H]2CC[C@H]3[C@@H]4C[C@@H](OC(C)=O)[C@@]5(O)CC=CC(=O)[C@]5(C)[C@H]4CC[C@]23C)OC1=O. The van der Waals surface area contributed by atoms with Crippen LogP contribution in [0.4, 0.5) is 0 Å². The van der Waals surface area contributed by atoms with E-state index in [1.807, 2.05) is 13.8 Å². The van der Waals surface area contributed by atoms with Crippen LogP contribution in [0.2, 0.25) is 0 Å². The second-order valence-corrected chi connectivity index (χ2v) is 13.6. The minimum atomic E-state index is -1.41. The van der Waals surface area contributed by atoms with Crippen molar-refractivity contribution in [3.63, 3.8) is 0 Å². The van der Waals surface area contributed by atoms with Gasteiger partial charge in [-0.05, 0) is 93.5 Å². The van der Waals surface area contributed by atoms with Gasteiger partial charge in [-0.2, -0.15) is 0 Å². The van der Waals surface area contributed by atoms with E-state index >= 15 is 0 Å². The van der Waals surface area contributed by atoms with Gasteiger partial charge in [0.15, 0.2) is 5.78 Å². The molecule has 10 atom stereocenters. The first-order valence-electron chi connectivity index (χ1n) is 14.9. The van der Waals surface area contributed by atoms with Crippen LogP contribution in [0, 0.1) is 40.4 Å². The largest absolute Gasteiger partial charge is 0.461 e. The Hall–Kier alpha value is -2.48. The van der Waals surface area contributed by atoms with Gasteiger partial charge in [0.25, 0.3) is 0 Å². The van der Waals surface area contributed by atoms with Crippen LogP contribution in [-0.4, -0.2) is 53.2 Å². The third kappa shape index (κ3) is 4.27. The topological polar surface area (TPSA) is 116 Å². The van der Waals surface area contributed by atoms with E-state index in [1.54, 1.807) is 12.2 Å². The quantitative estimate of drug-likeness (QED) is 0.389. The Morgan fingerprint density at radius 1 is 1.12 bits per heavy atom. The molecular formula is C32H44O8. The number of hydrogen-bond donors (Lipinski definition) is 1. The molecule has 0 radical (unpaired) electrons. The number of aliphatic hydroxyl groups is 1. The molecule has 1 aliphatic heterocycles. The van der Waals surface area contributed by atoms with Gasteiger partial charge in [0.2, 0.25) is 0 Å². The Kier molecular flexibility index (Phi) is 7.33. The van der Waals surface area contributed by atoms with Crippen LogP contribution in [0.1, 0.15) is 86.5 Å². The first-order valence-corrected chi connectivity index (χ1v) is 14.9. The summed E-state index contributed by atoms with van der Waals surface area (Å²) in [6.07, 6.45) is 7.57.